The lowest BCUT2D eigenvalue weighted by Gasteiger charge is -2.15. The van der Waals surface area contributed by atoms with Crippen LogP contribution in [-0.2, 0) is 13.6 Å². The Kier molecular flexibility index (Phi) is 7.23. The first-order valence-corrected chi connectivity index (χ1v) is 10.2. The van der Waals surface area contributed by atoms with E-state index in [1.165, 1.54) is 24.3 Å². The Hall–Kier alpha value is -3.59. The Morgan fingerprint density at radius 2 is 1.79 bits per heavy atom. The number of nitrogens with one attached hydrogen (secondary N) is 3. The molecule has 172 valence electrons. The molecule has 33 heavy (non-hydrogen) atoms. The number of nitrogens with zero attached hydrogens (tertiary/aromatic N) is 2. The van der Waals surface area contributed by atoms with Crippen LogP contribution in [0.2, 0.25) is 5.02 Å². The van der Waals surface area contributed by atoms with Crippen LogP contribution in [0.25, 0.3) is 5.70 Å². The SMILES string of the molecule is Cc1cc(CNC(=O)c2ccc(/C(=C/C(=N)C(F)(F)F)Nc3ccccc3Cl)cc2)nn1C. The number of para-hydroxylation sites is 1. The summed E-state index contributed by atoms with van der Waals surface area (Å²) in [4.78, 5) is 12.5. The third-order valence-corrected chi connectivity index (χ3v) is 5.12. The smallest absolute Gasteiger partial charge is 0.354 e. The summed E-state index contributed by atoms with van der Waals surface area (Å²) < 4.78 is 40.6. The molecular weight excluding hydrogens is 455 g/mol. The molecule has 0 spiro atoms. The van der Waals surface area contributed by atoms with E-state index in [0.29, 0.717) is 33.6 Å². The summed E-state index contributed by atoms with van der Waals surface area (Å²) >= 11 is 6.12. The van der Waals surface area contributed by atoms with Gasteiger partial charge < -0.3 is 10.6 Å². The maximum atomic E-state index is 13.0. The molecule has 1 amide bonds. The number of anilines is 1. The van der Waals surface area contributed by atoms with Gasteiger partial charge in [0.1, 0.15) is 5.71 Å². The van der Waals surface area contributed by atoms with E-state index < -0.39 is 11.9 Å². The van der Waals surface area contributed by atoms with Crippen LogP contribution in [0.4, 0.5) is 18.9 Å². The van der Waals surface area contributed by atoms with Gasteiger partial charge in [-0.2, -0.15) is 18.3 Å². The molecule has 1 aromatic heterocycles. The molecule has 0 saturated carbocycles. The van der Waals surface area contributed by atoms with Crippen LogP contribution in [0.5, 0.6) is 0 Å². The van der Waals surface area contributed by atoms with Crippen molar-refractivity contribution in [2.24, 2.45) is 7.05 Å². The molecule has 3 aromatic rings. The van der Waals surface area contributed by atoms with Gasteiger partial charge in [0.05, 0.1) is 22.9 Å². The lowest BCUT2D eigenvalue weighted by Crippen LogP contribution is -2.23. The zero-order chi connectivity index (χ0) is 24.2. The van der Waals surface area contributed by atoms with Crippen molar-refractivity contribution in [2.45, 2.75) is 19.6 Å². The predicted molar refractivity (Wildman–Crippen MR) is 122 cm³/mol. The van der Waals surface area contributed by atoms with Gasteiger partial charge in [0.15, 0.2) is 0 Å². The van der Waals surface area contributed by atoms with Crippen molar-refractivity contribution < 1.29 is 18.0 Å². The average molecular weight is 476 g/mol. The molecule has 3 rings (SSSR count). The lowest BCUT2D eigenvalue weighted by atomic mass is 10.1. The fourth-order valence-corrected chi connectivity index (χ4v) is 3.10. The highest BCUT2D eigenvalue weighted by molar-refractivity contribution is 6.33. The van der Waals surface area contributed by atoms with E-state index in [4.69, 9.17) is 17.0 Å². The van der Waals surface area contributed by atoms with Crippen LogP contribution in [0, 0.1) is 12.3 Å². The maximum Gasteiger partial charge on any atom is 0.432 e. The van der Waals surface area contributed by atoms with Crippen molar-refractivity contribution in [3.63, 3.8) is 0 Å². The van der Waals surface area contributed by atoms with Gasteiger partial charge in [-0.25, -0.2) is 0 Å². The number of allylic oxidation sites excluding steroid dienone is 1. The quantitative estimate of drug-likeness (QED) is 0.403. The third kappa shape index (κ3) is 6.23. The highest BCUT2D eigenvalue weighted by Crippen LogP contribution is 2.27. The summed E-state index contributed by atoms with van der Waals surface area (Å²) in [5.41, 5.74) is 1.21. The number of aromatic nitrogens is 2. The fourth-order valence-electron chi connectivity index (χ4n) is 2.92. The van der Waals surface area contributed by atoms with Crippen molar-refractivity contribution in [1.82, 2.24) is 15.1 Å². The number of carbonyl (C=O) groups is 1. The van der Waals surface area contributed by atoms with E-state index in [-0.39, 0.29) is 18.1 Å². The third-order valence-electron chi connectivity index (χ3n) is 4.79. The summed E-state index contributed by atoms with van der Waals surface area (Å²) in [5.74, 6) is -0.350. The molecule has 6 nitrogen and oxygen atoms in total. The van der Waals surface area contributed by atoms with Crippen molar-refractivity contribution >= 4 is 34.6 Å². The van der Waals surface area contributed by atoms with Crippen molar-refractivity contribution in [1.29, 1.82) is 5.41 Å². The second kappa shape index (κ2) is 9.91. The van der Waals surface area contributed by atoms with Crippen molar-refractivity contribution in [3.05, 3.63) is 88.2 Å². The molecule has 0 bridgehead atoms. The van der Waals surface area contributed by atoms with Gasteiger partial charge in [-0.05, 0) is 48.9 Å². The minimum absolute atomic E-state index is 0.0151. The van der Waals surface area contributed by atoms with Gasteiger partial charge >= 0.3 is 6.18 Å². The predicted octanol–water partition coefficient (Wildman–Crippen LogP) is 5.35. The van der Waals surface area contributed by atoms with Crippen LogP contribution in [0.3, 0.4) is 0 Å². The highest BCUT2D eigenvalue weighted by atomic mass is 35.5. The number of hydrogen-bond acceptors (Lipinski definition) is 4. The Morgan fingerprint density at radius 1 is 1.15 bits per heavy atom. The minimum Gasteiger partial charge on any atom is -0.354 e. The number of rotatable bonds is 7. The van der Waals surface area contributed by atoms with Crippen LogP contribution in [0.1, 0.15) is 27.3 Å². The number of halogens is 4. The topological polar surface area (TPSA) is 82.8 Å². The zero-order valence-corrected chi connectivity index (χ0v) is 18.6. The van der Waals surface area contributed by atoms with Gasteiger partial charge in [0.2, 0.25) is 0 Å². The normalized spacial score (nSPS) is 11.9. The first-order valence-electron chi connectivity index (χ1n) is 9.82. The standard InChI is InChI=1S/C23H21ClF3N5O/c1-14-11-17(31-32(14)2)13-29-22(33)16-9-7-15(8-10-16)20(12-21(28)23(25,26)27)30-19-6-4-3-5-18(19)24/h3-12,28,30H,13H2,1-2H3,(H,29,33)/b20-12-,28-21?. The van der Waals surface area contributed by atoms with E-state index in [0.717, 1.165) is 5.69 Å². The van der Waals surface area contributed by atoms with Crippen molar-refractivity contribution in [3.8, 4) is 0 Å². The van der Waals surface area contributed by atoms with E-state index in [1.807, 2.05) is 13.0 Å². The molecular formula is C23H21ClF3N5O. The Morgan fingerprint density at radius 3 is 2.36 bits per heavy atom. The molecule has 0 aliphatic heterocycles. The number of alkyl halides is 3. The molecule has 10 heteroatoms. The lowest BCUT2D eigenvalue weighted by molar-refractivity contribution is -0.0583. The molecule has 0 saturated heterocycles. The molecule has 0 aliphatic rings. The molecule has 0 atom stereocenters. The van der Waals surface area contributed by atoms with E-state index in [9.17, 15) is 18.0 Å². The van der Waals surface area contributed by atoms with Crippen LogP contribution >= 0.6 is 11.6 Å². The molecule has 2 aromatic carbocycles. The van der Waals surface area contributed by atoms with Crippen LogP contribution in [-0.4, -0.2) is 27.6 Å². The van der Waals surface area contributed by atoms with Crippen molar-refractivity contribution in [2.75, 3.05) is 5.32 Å². The fraction of sp³-hybridized carbons (Fsp3) is 0.174. The van der Waals surface area contributed by atoms with Crippen LogP contribution in [0.15, 0.2) is 60.7 Å². The summed E-state index contributed by atoms with van der Waals surface area (Å²) in [6.07, 6.45) is -4.13. The molecule has 3 N–H and O–H groups in total. The van der Waals surface area contributed by atoms with Gasteiger partial charge in [-0.1, -0.05) is 35.9 Å². The Bertz CT molecular complexity index is 1180. The van der Waals surface area contributed by atoms with Gasteiger partial charge in [-0.15, -0.1) is 0 Å². The summed E-state index contributed by atoms with van der Waals surface area (Å²) in [6.45, 7) is 2.14. The highest BCUT2D eigenvalue weighted by Gasteiger charge is 2.33. The molecule has 0 radical (unpaired) electrons. The van der Waals surface area contributed by atoms with E-state index in [1.54, 1.807) is 36.0 Å². The minimum atomic E-state index is -4.81. The number of amides is 1. The zero-order valence-electron chi connectivity index (χ0n) is 17.8. The van der Waals surface area contributed by atoms with Gasteiger partial charge in [0.25, 0.3) is 5.91 Å². The summed E-state index contributed by atoms with van der Waals surface area (Å²) in [7, 11) is 1.81. The molecule has 1 heterocycles. The van der Waals surface area contributed by atoms with Gasteiger partial charge in [-0.3, -0.25) is 14.9 Å². The Labute approximate surface area is 193 Å². The first kappa shape index (κ1) is 24.1. The number of aryl methyl sites for hydroxylation is 2. The second-order valence-corrected chi connectivity index (χ2v) is 7.64. The van der Waals surface area contributed by atoms with Gasteiger partial charge in [0, 0.05) is 24.0 Å². The first-order chi connectivity index (χ1) is 15.5. The summed E-state index contributed by atoms with van der Waals surface area (Å²) in [5, 5.41) is 17.5. The average Bonchev–Trinajstić information content (AvgIpc) is 3.09. The number of benzene rings is 2. The maximum absolute atomic E-state index is 13.0. The van der Waals surface area contributed by atoms with Crippen LogP contribution < -0.4 is 10.6 Å². The van der Waals surface area contributed by atoms with E-state index in [2.05, 4.69) is 15.7 Å². The molecule has 0 unspecified atom stereocenters. The number of carbonyl (C=O) groups excluding carboxylic acids is 1. The Balaban J connectivity index is 1.81. The molecule has 0 aliphatic carbocycles. The number of hydrogen-bond donors (Lipinski definition) is 3. The second-order valence-electron chi connectivity index (χ2n) is 7.23. The monoisotopic (exact) mass is 475 g/mol. The summed E-state index contributed by atoms with van der Waals surface area (Å²) in [6, 6.07) is 14.4. The van der Waals surface area contributed by atoms with E-state index >= 15 is 0 Å². The molecule has 0 fully saturated rings. The largest absolute Gasteiger partial charge is 0.432 e.